The molecule has 0 saturated heterocycles. The summed E-state index contributed by atoms with van der Waals surface area (Å²) in [6, 6.07) is 3.35. The first kappa shape index (κ1) is 16.4. The van der Waals surface area contributed by atoms with Crippen molar-refractivity contribution in [2.24, 2.45) is 17.1 Å². The molecule has 1 aromatic rings. The van der Waals surface area contributed by atoms with Crippen LogP contribution in [0.1, 0.15) is 57.1 Å². The lowest BCUT2D eigenvalue weighted by atomic mass is 9.65. The average molecular weight is 297 g/mol. The van der Waals surface area contributed by atoms with E-state index >= 15 is 0 Å². The van der Waals surface area contributed by atoms with Gasteiger partial charge in [-0.15, -0.1) is 0 Å². The van der Waals surface area contributed by atoms with Crippen LogP contribution < -0.4 is 5.73 Å². The number of benzene rings is 1. The van der Waals surface area contributed by atoms with Gasteiger partial charge >= 0.3 is 0 Å². The molecule has 1 fully saturated rings. The minimum atomic E-state index is -0.967. The van der Waals surface area contributed by atoms with Gasteiger partial charge in [0.1, 0.15) is 11.6 Å². The van der Waals surface area contributed by atoms with E-state index in [-0.39, 0.29) is 5.56 Å². The van der Waals surface area contributed by atoms with Gasteiger partial charge in [0.15, 0.2) is 0 Å². The predicted octanol–water partition coefficient (Wildman–Crippen LogP) is 3.93. The summed E-state index contributed by atoms with van der Waals surface area (Å²) in [4.78, 5) is 0. The van der Waals surface area contributed by atoms with Gasteiger partial charge in [0, 0.05) is 23.6 Å². The molecule has 1 unspecified atom stereocenters. The Kier molecular flexibility index (Phi) is 5.33. The molecule has 1 aromatic carbocycles. The SMILES string of the molecule is CCCC1CCC(CN)(C(O)c2ccc(F)cc2F)CC1. The lowest BCUT2D eigenvalue weighted by Gasteiger charge is -2.43. The Morgan fingerprint density at radius 2 is 2.00 bits per heavy atom. The topological polar surface area (TPSA) is 46.2 Å². The molecule has 1 saturated carbocycles. The van der Waals surface area contributed by atoms with Crippen LogP contribution in [-0.4, -0.2) is 11.7 Å². The molecule has 0 amide bonds. The molecule has 1 aliphatic rings. The van der Waals surface area contributed by atoms with E-state index in [1.54, 1.807) is 0 Å². The molecule has 0 aliphatic heterocycles. The van der Waals surface area contributed by atoms with Crippen molar-refractivity contribution in [2.75, 3.05) is 6.54 Å². The van der Waals surface area contributed by atoms with Crippen molar-refractivity contribution in [1.82, 2.24) is 0 Å². The Hall–Kier alpha value is -1.00. The highest BCUT2D eigenvalue weighted by Crippen LogP contribution is 2.48. The maximum absolute atomic E-state index is 13.9. The lowest BCUT2D eigenvalue weighted by Crippen LogP contribution is -2.40. The minimum Gasteiger partial charge on any atom is -0.388 e. The van der Waals surface area contributed by atoms with Crippen molar-refractivity contribution in [3.63, 3.8) is 0 Å². The third-order valence-corrected chi connectivity index (χ3v) is 5.04. The first-order valence-electron chi connectivity index (χ1n) is 7.85. The number of hydrogen-bond acceptors (Lipinski definition) is 2. The summed E-state index contributed by atoms with van der Waals surface area (Å²) in [5, 5.41) is 10.6. The van der Waals surface area contributed by atoms with E-state index in [9.17, 15) is 13.9 Å². The van der Waals surface area contributed by atoms with Crippen LogP contribution in [0.25, 0.3) is 0 Å². The second kappa shape index (κ2) is 6.84. The maximum Gasteiger partial charge on any atom is 0.131 e. The minimum absolute atomic E-state index is 0.163. The highest BCUT2D eigenvalue weighted by atomic mass is 19.1. The Labute approximate surface area is 125 Å². The number of rotatable bonds is 5. The highest BCUT2D eigenvalue weighted by molar-refractivity contribution is 5.23. The van der Waals surface area contributed by atoms with E-state index in [4.69, 9.17) is 5.73 Å². The van der Waals surface area contributed by atoms with Gasteiger partial charge in [-0.25, -0.2) is 8.78 Å². The van der Waals surface area contributed by atoms with Crippen molar-refractivity contribution < 1.29 is 13.9 Å². The fourth-order valence-electron chi connectivity index (χ4n) is 3.59. The summed E-state index contributed by atoms with van der Waals surface area (Å²) >= 11 is 0. The van der Waals surface area contributed by atoms with E-state index in [1.807, 2.05) is 0 Å². The first-order chi connectivity index (χ1) is 10.0. The molecular formula is C17H25F2NO. The molecule has 118 valence electrons. The smallest absolute Gasteiger partial charge is 0.131 e. The normalized spacial score (nSPS) is 27.6. The molecular weight excluding hydrogens is 272 g/mol. The second-order valence-electron chi connectivity index (χ2n) is 6.37. The van der Waals surface area contributed by atoms with E-state index in [0.29, 0.717) is 12.5 Å². The zero-order chi connectivity index (χ0) is 15.5. The van der Waals surface area contributed by atoms with Crippen molar-refractivity contribution >= 4 is 0 Å². The standard InChI is InChI=1S/C17H25F2NO/c1-2-3-12-6-8-17(11-20,9-7-12)16(21)14-5-4-13(18)10-15(14)19/h4-5,10,12,16,21H,2-3,6-9,11,20H2,1H3. The summed E-state index contributed by atoms with van der Waals surface area (Å²) in [6.07, 6.45) is 5.02. The summed E-state index contributed by atoms with van der Waals surface area (Å²) in [6.45, 7) is 2.50. The fraction of sp³-hybridized carbons (Fsp3) is 0.647. The van der Waals surface area contributed by atoms with Gasteiger partial charge < -0.3 is 10.8 Å². The Morgan fingerprint density at radius 3 is 2.52 bits per heavy atom. The van der Waals surface area contributed by atoms with Gasteiger partial charge in [-0.05, 0) is 37.7 Å². The largest absolute Gasteiger partial charge is 0.388 e. The van der Waals surface area contributed by atoms with E-state index in [1.165, 1.54) is 18.6 Å². The Bertz CT molecular complexity index is 470. The van der Waals surface area contributed by atoms with Gasteiger partial charge in [0.05, 0.1) is 6.10 Å². The van der Waals surface area contributed by atoms with Crippen LogP contribution in [0.2, 0.25) is 0 Å². The molecule has 1 aliphatic carbocycles. The molecule has 3 N–H and O–H groups in total. The molecule has 0 aromatic heterocycles. The van der Waals surface area contributed by atoms with Crippen molar-refractivity contribution in [2.45, 2.75) is 51.6 Å². The Morgan fingerprint density at radius 1 is 1.33 bits per heavy atom. The molecule has 4 heteroatoms. The molecule has 21 heavy (non-hydrogen) atoms. The number of nitrogens with two attached hydrogens (primary N) is 1. The lowest BCUT2D eigenvalue weighted by molar-refractivity contribution is -0.0129. The molecule has 0 bridgehead atoms. The van der Waals surface area contributed by atoms with Crippen LogP contribution in [0, 0.1) is 23.0 Å². The van der Waals surface area contributed by atoms with Gasteiger partial charge in [0.25, 0.3) is 0 Å². The van der Waals surface area contributed by atoms with Crippen LogP contribution in [0.3, 0.4) is 0 Å². The molecule has 2 nitrogen and oxygen atoms in total. The second-order valence-corrected chi connectivity index (χ2v) is 6.37. The van der Waals surface area contributed by atoms with E-state index in [0.717, 1.165) is 38.2 Å². The van der Waals surface area contributed by atoms with Gasteiger partial charge in [-0.2, -0.15) is 0 Å². The quantitative estimate of drug-likeness (QED) is 0.865. The van der Waals surface area contributed by atoms with Gasteiger partial charge in [0.2, 0.25) is 0 Å². The summed E-state index contributed by atoms with van der Waals surface area (Å²) < 4.78 is 26.9. The third kappa shape index (κ3) is 3.43. The third-order valence-electron chi connectivity index (χ3n) is 5.04. The van der Waals surface area contributed by atoms with Crippen molar-refractivity contribution in [3.8, 4) is 0 Å². The molecule has 0 heterocycles. The van der Waals surface area contributed by atoms with Crippen molar-refractivity contribution in [1.29, 1.82) is 0 Å². The van der Waals surface area contributed by atoms with Gasteiger partial charge in [-0.1, -0.05) is 25.8 Å². The fourth-order valence-corrected chi connectivity index (χ4v) is 3.59. The molecule has 0 spiro atoms. The molecule has 1 atom stereocenters. The van der Waals surface area contributed by atoms with Crippen molar-refractivity contribution in [3.05, 3.63) is 35.4 Å². The average Bonchev–Trinajstić information content (AvgIpc) is 2.48. The van der Waals surface area contributed by atoms with Gasteiger partial charge in [-0.3, -0.25) is 0 Å². The predicted molar refractivity (Wildman–Crippen MR) is 79.7 cm³/mol. The maximum atomic E-state index is 13.9. The zero-order valence-corrected chi connectivity index (χ0v) is 12.6. The number of aliphatic hydroxyl groups excluding tert-OH is 1. The van der Waals surface area contributed by atoms with Crippen LogP contribution in [-0.2, 0) is 0 Å². The van der Waals surface area contributed by atoms with E-state index < -0.39 is 23.2 Å². The summed E-state index contributed by atoms with van der Waals surface area (Å²) in [5.41, 5.74) is 5.60. The van der Waals surface area contributed by atoms with E-state index in [2.05, 4.69) is 6.92 Å². The Balaban J connectivity index is 2.17. The van der Waals surface area contributed by atoms with Crippen LogP contribution in [0.15, 0.2) is 18.2 Å². The number of hydrogen-bond donors (Lipinski definition) is 2. The summed E-state index contributed by atoms with van der Waals surface area (Å²) in [7, 11) is 0. The number of halogens is 2. The van der Waals surface area contributed by atoms with Crippen LogP contribution in [0.4, 0.5) is 8.78 Å². The zero-order valence-electron chi connectivity index (χ0n) is 12.6. The first-order valence-corrected chi connectivity index (χ1v) is 7.85. The van der Waals surface area contributed by atoms with Crippen LogP contribution >= 0.6 is 0 Å². The molecule has 2 rings (SSSR count). The monoisotopic (exact) mass is 297 g/mol. The highest BCUT2D eigenvalue weighted by Gasteiger charge is 2.41. The summed E-state index contributed by atoms with van der Waals surface area (Å²) in [5.74, 6) is -0.636. The molecule has 0 radical (unpaired) electrons. The number of aliphatic hydroxyl groups is 1. The van der Waals surface area contributed by atoms with Crippen LogP contribution in [0.5, 0.6) is 0 Å².